The fraction of sp³-hybridized carbons (Fsp3) is 0.0455. The number of hydrogen-bond donors (Lipinski definition) is 1. The summed E-state index contributed by atoms with van der Waals surface area (Å²) >= 11 is 6.13. The first-order valence-corrected chi connectivity index (χ1v) is 8.91. The number of aromatic nitrogens is 2. The maximum atomic E-state index is 6.13. The molecule has 0 amide bonds. The smallest absolute Gasteiger partial charge is 0.146 e. The van der Waals surface area contributed by atoms with E-state index in [2.05, 4.69) is 9.97 Å². The van der Waals surface area contributed by atoms with E-state index < -0.39 is 0 Å². The summed E-state index contributed by atoms with van der Waals surface area (Å²) in [7, 11) is 0. The third kappa shape index (κ3) is 4.30. The van der Waals surface area contributed by atoms with Gasteiger partial charge in [0.15, 0.2) is 0 Å². The van der Waals surface area contributed by atoms with E-state index in [1.165, 1.54) is 0 Å². The molecule has 0 atom stereocenters. The van der Waals surface area contributed by atoms with Crippen molar-refractivity contribution >= 4 is 11.6 Å². The maximum Gasteiger partial charge on any atom is 0.146 e. The van der Waals surface area contributed by atoms with Crippen molar-refractivity contribution in [1.29, 1.82) is 0 Å². The normalized spacial score (nSPS) is 10.6. The molecule has 27 heavy (non-hydrogen) atoms. The van der Waals surface area contributed by atoms with Crippen molar-refractivity contribution in [2.24, 2.45) is 0 Å². The molecule has 4 nitrogen and oxygen atoms in total. The number of hydrogen-bond acceptors (Lipinski definition) is 3. The van der Waals surface area contributed by atoms with Crippen LogP contribution in [0.3, 0.4) is 0 Å². The monoisotopic (exact) mass is 376 g/mol. The Morgan fingerprint density at radius 3 is 2.33 bits per heavy atom. The van der Waals surface area contributed by atoms with Gasteiger partial charge in [0.2, 0.25) is 0 Å². The Balaban J connectivity index is 1.42. The lowest BCUT2D eigenvalue weighted by molar-refractivity contribution is 0.297. The Hall–Kier alpha value is -3.24. The van der Waals surface area contributed by atoms with Crippen LogP contribution in [0.4, 0.5) is 0 Å². The maximum absolute atomic E-state index is 6.13. The van der Waals surface area contributed by atoms with Crippen LogP contribution in [0, 0.1) is 0 Å². The zero-order valence-electron chi connectivity index (χ0n) is 14.4. The zero-order valence-corrected chi connectivity index (χ0v) is 15.2. The molecular weight excluding hydrogens is 360 g/mol. The second kappa shape index (κ2) is 7.98. The van der Waals surface area contributed by atoms with Crippen molar-refractivity contribution < 1.29 is 9.47 Å². The molecule has 5 heteroatoms. The fourth-order valence-electron chi connectivity index (χ4n) is 2.60. The summed E-state index contributed by atoms with van der Waals surface area (Å²) in [5, 5.41) is 0.580. The number of H-pyrrole nitrogens is 1. The van der Waals surface area contributed by atoms with E-state index in [1.54, 1.807) is 6.07 Å². The van der Waals surface area contributed by atoms with Crippen molar-refractivity contribution in [3.8, 4) is 28.5 Å². The predicted molar refractivity (Wildman–Crippen MR) is 106 cm³/mol. The van der Waals surface area contributed by atoms with Gasteiger partial charge in [-0.3, -0.25) is 0 Å². The number of rotatable bonds is 6. The first-order valence-electron chi connectivity index (χ1n) is 8.53. The highest BCUT2D eigenvalue weighted by Gasteiger charge is 2.06. The molecule has 1 heterocycles. The van der Waals surface area contributed by atoms with Crippen molar-refractivity contribution in [2.45, 2.75) is 6.61 Å². The summed E-state index contributed by atoms with van der Waals surface area (Å²) < 4.78 is 11.5. The van der Waals surface area contributed by atoms with E-state index >= 15 is 0 Å². The van der Waals surface area contributed by atoms with Gasteiger partial charge in [0.05, 0.1) is 10.7 Å². The highest BCUT2D eigenvalue weighted by molar-refractivity contribution is 6.32. The van der Waals surface area contributed by atoms with E-state index in [-0.39, 0.29) is 0 Å². The molecule has 0 aliphatic carbocycles. The van der Waals surface area contributed by atoms with Crippen molar-refractivity contribution in [3.63, 3.8) is 0 Å². The Bertz CT molecular complexity index is 1010. The fourth-order valence-corrected chi connectivity index (χ4v) is 2.77. The molecule has 0 unspecified atom stereocenters. The molecule has 0 radical (unpaired) electrons. The van der Waals surface area contributed by atoms with Crippen LogP contribution in [0.5, 0.6) is 17.2 Å². The zero-order chi connectivity index (χ0) is 18.5. The standard InChI is InChI=1S/C22H17ClN2O2/c23-19-8-4-5-9-21(19)27-18-12-10-16(11-13-18)20-14-24-22(25-20)15-26-17-6-2-1-3-7-17/h1-14H,15H2,(H,24,25). The molecule has 3 aromatic carbocycles. The van der Waals surface area contributed by atoms with Crippen molar-refractivity contribution in [3.05, 3.63) is 95.9 Å². The van der Waals surface area contributed by atoms with Gasteiger partial charge in [0.25, 0.3) is 0 Å². The van der Waals surface area contributed by atoms with Crippen molar-refractivity contribution in [2.75, 3.05) is 0 Å². The lowest BCUT2D eigenvalue weighted by atomic mass is 10.1. The molecule has 4 aromatic rings. The summed E-state index contributed by atoms with van der Waals surface area (Å²) in [4.78, 5) is 7.73. The Kier molecular flexibility index (Phi) is 5.08. The van der Waals surface area contributed by atoms with Gasteiger partial charge < -0.3 is 14.5 Å². The van der Waals surface area contributed by atoms with Crippen LogP contribution in [0.1, 0.15) is 5.82 Å². The number of aromatic amines is 1. The van der Waals surface area contributed by atoms with Gasteiger partial charge >= 0.3 is 0 Å². The van der Waals surface area contributed by atoms with Gasteiger partial charge in [-0.1, -0.05) is 41.9 Å². The van der Waals surface area contributed by atoms with Crippen LogP contribution in [-0.4, -0.2) is 9.97 Å². The first-order chi connectivity index (χ1) is 13.3. The number of nitrogens with one attached hydrogen (secondary N) is 1. The molecular formula is C22H17ClN2O2. The van der Waals surface area contributed by atoms with Crippen LogP contribution in [0.2, 0.25) is 5.02 Å². The molecule has 0 aliphatic heterocycles. The number of nitrogens with zero attached hydrogens (tertiary/aromatic N) is 1. The second-order valence-corrected chi connectivity index (χ2v) is 6.30. The average Bonchev–Trinajstić information content (AvgIpc) is 3.19. The Labute approximate surface area is 162 Å². The van der Waals surface area contributed by atoms with Crippen LogP contribution < -0.4 is 9.47 Å². The van der Waals surface area contributed by atoms with Gasteiger partial charge in [-0.05, 0) is 48.5 Å². The summed E-state index contributed by atoms with van der Waals surface area (Å²) in [5.41, 5.74) is 1.84. The summed E-state index contributed by atoms with van der Waals surface area (Å²) in [6, 6.07) is 24.8. The quantitative estimate of drug-likeness (QED) is 0.442. The average molecular weight is 377 g/mol. The SMILES string of the molecule is Clc1ccccc1Oc1ccc(-c2c[nH]c(COc3ccccc3)n2)cc1. The van der Waals surface area contributed by atoms with E-state index in [4.69, 9.17) is 21.1 Å². The minimum absolute atomic E-state index is 0.387. The number of para-hydroxylation sites is 2. The molecule has 0 bridgehead atoms. The minimum atomic E-state index is 0.387. The van der Waals surface area contributed by atoms with Crippen LogP contribution >= 0.6 is 11.6 Å². The molecule has 1 N–H and O–H groups in total. The number of benzene rings is 3. The molecule has 0 spiro atoms. The van der Waals surface area contributed by atoms with Gasteiger partial charge in [0.1, 0.15) is 29.7 Å². The van der Waals surface area contributed by atoms with Gasteiger partial charge in [-0.25, -0.2) is 4.98 Å². The predicted octanol–water partition coefficient (Wildman–Crippen LogP) is 6.10. The minimum Gasteiger partial charge on any atom is -0.486 e. The van der Waals surface area contributed by atoms with E-state index in [0.717, 1.165) is 28.6 Å². The lowest BCUT2D eigenvalue weighted by Gasteiger charge is -2.07. The van der Waals surface area contributed by atoms with Crippen LogP contribution in [0.15, 0.2) is 85.1 Å². The molecule has 134 valence electrons. The van der Waals surface area contributed by atoms with E-state index in [1.807, 2.05) is 79.0 Å². The molecule has 1 aromatic heterocycles. The molecule has 0 saturated heterocycles. The molecule has 0 saturated carbocycles. The van der Waals surface area contributed by atoms with Gasteiger partial charge in [0, 0.05) is 11.8 Å². The van der Waals surface area contributed by atoms with Gasteiger partial charge in [-0.15, -0.1) is 0 Å². The third-order valence-corrected chi connectivity index (χ3v) is 4.28. The Morgan fingerprint density at radius 1 is 0.815 bits per heavy atom. The highest BCUT2D eigenvalue weighted by Crippen LogP contribution is 2.30. The van der Waals surface area contributed by atoms with Crippen LogP contribution in [-0.2, 0) is 6.61 Å². The van der Waals surface area contributed by atoms with Crippen LogP contribution in [0.25, 0.3) is 11.3 Å². The first kappa shape index (κ1) is 17.2. The highest BCUT2D eigenvalue weighted by atomic mass is 35.5. The number of ether oxygens (including phenoxy) is 2. The van der Waals surface area contributed by atoms with Gasteiger partial charge in [-0.2, -0.15) is 0 Å². The summed E-state index contributed by atoms with van der Waals surface area (Å²) in [5.74, 6) is 2.93. The molecule has 4 rings (SSSR count). The Morgan fingerprint density at radius 2 is 1.56 bits per heavy atom. The number of halogens is 1. The van der Waals surface area contributed by atoms with E-state index in [9.17, 15) is 0 Å². The molecule has 0 aliphatic rings. The lowest BCUT2D eigenvalue weighted by Crippen LogP contribution is -1.97. The third-order valence-electron chi connectivity index (χ3n) is 3.96. The largest absolute Gasteiger partial charge is 0.486 e. The summed E-state index contributed by atoms with van der Waals surface area (Å²) in [6.45, 7) is 0.387. The van der Waals surface area contributed by atoms with E-state index in [0.29, 0.717) is 17.4 Å². The summed E-state index contributed by atoms with van der Waals surface area (Å²) in [6.07, 6.45) is 1.87. The number of imidazole rings is 1. The molecule has 0 fully saturated rings. The topological polar surface area (TPSA) is 47.1 Å². The second-order valence-electron chi connectivity index (χ2n) is 5.89. The van der Waals surface area contributed by atoms with Crippen molar-refractivity contribution in [1.82, 2.24) is 9.97 Å².